The Kier molecular flexibility index (Phi) is 4.95. The van der Waals surface area contributed by atoms with Crippen LogP contribution in [0.25, 0.3) is 0 Å². The van der Waals surface area contributed by atoms with Gasteiger partial charge in [0, 0.05) is 17.2 Å². The maximum absolute atomic E-state index is 12.1. The Morgan fingerprint density at radius 1 is 1.28 bits per heavy atom. The van der Waals surface area contributed by atoms with E-state index in [4.69, 9.17) is 0 Å². The number of hydrogen-bond donors (Lipinski definition) is 0. The summed E-state index contributed by atoms with van der Waals surface area (Å²) < 4.78 is 12.1. The van der Waals surface area contributed by atoms with Crippen LogP contribution in [0, 0.1) is 5.92 Å². The van der Waals surface area contributed by atoms with Crippen molar-refractivity contribution < 1.29 is 4.21 Å². The standard InChI is InChI=1S/C15H23NOS/c1-13(2)12-18(17)15-7-5-6-14(10-15)11-16-8-3-4-9-16/h5-7,10,13H,3-4,8-9,11-12H2,1-2H3. The van der Waals surface area contributed by atoms with Gasteiger partial charge in [0.1, 0.15) is 0 Å². The monoisotopic (exact) mass is 265 g/mol. The topological polar surface area (TPSA) is 20.3 Å². The largest absolute Gasteiger partial charge is 0.299 e. The first-order valence-electron chi connectivity index (χ1n) is 6.85. The lowest BCUT2D eigenvalue weighted by Gasteiger charge is -2.15. The van der Waals surface area contributed by atoms with E-state index in [1.807, 2.05) is 12.1 Å². The predicted molar refractivity (Wildman–Crippen MR) is 77.1 cm³/mol. The summed E-state index contributed by atoms with van der Waals surface area (Å²) in [6.45, 7) is 7.66. The molecular formula is C15H23NOS. The summed E-state index contributed by atoms with van der Waals surface area (Å²) in [5.41, 5.74) is 1.30. The molecule has 1 unspecified atom stereocenters. The molecule has 0 spiro atoms. The van der Waals surface area contributed by atoms with E-state index in [-0.39, 0.29) is 0 Å². The Morgan fingerprint density at radius 3 is 2.67 bits per heavy atom. The molecule has 1 aromatic carbocycles. The summed E-state index contributed by atoms with van der Waals surface area (Å²) in [6, 6.07) is 8.30. The molecule has 3 heteroatoms. The third-order valence-electron chi connectivity index (χ3n) is 3.25. The maximum Gasteiger partial charge on any atom is 0.0532 e. The fraction of sp³-hybridized carbons (Fsp3) is 0.600. The summed E-state index contributed by atoms with van der Waals surface area (Å²) in [7, 11) is -0.845. The summed E-state index contributed by atoms with van der Waals surface area (Å²) in [6.07, 6.45) is 2.64. The summed E-state index contributed by atoms with van der Waals surface area (Å²) in [4.78, 5) is 3.46. The average Bonchev–Trinajstić information content (AvgIpc) is 2.81. The zero-order valence-electron chi connectivity index (χ0n) is 11.4. The molecule has 1 heterocycles. The molecule has 0 aromatic heterocycles. The van der Waals surface area contributed by atoms with Crippen molar-refractivity contribution in [3.05, 3.63) is 29.8 Å². The molecule has 2 rings (SSSR count). The summed E-state index contributed by atoms with van der Waals surface area (Å²) in [5.74, 6) is 1.24. The van der Waals surface area contributed by atoms with Crippen LogP contribution in [-0.2, 0) is 17.3 Å². The van der Waals surface area contributed by atoms with Crippen LogP contribution in [0.3, 0.4) is 0 Å². The molecule has 18 heavy (non-hydrogen) atoms. The second-order valence-corrected chi connectivity index (χ2v) is 7.03. The lowest BCUT2D eigenvalue weighted by atomic mass is 10.2. The third kappa shape index (κ3) is 3.92. The predicted octanol–water partition coefficient (Wildman–Crippen LogP) is 3.05. The van der Waals surface area contributed by atoms with E-state index in [2.05, 4.69) is 30.9 Å². The molecule has 1 saturated heterocycles. The van der Waals surface area contributed by atoms with E-state index in [0.29, 0.717) is 5.92 Å². The van der Waals surface area contributed by atoms with Crippen molar-refractivity contribution in [3.63, 3.8) is 0 Å². The molecule has 1 aromatic rings. The number of rotatable bonds is 5. The quantitative estimate of drug-likeness (QED) is 0.815. The first-order chi connectivity index (χ1) is 8.65. The van der Waals surface area contributed by atoms with E-state index >= 15 is 0 Å². The van der Waals surface area contributed by atoms with Crippen LogP contribution in [0.2, 0.25) is 0 Å². The second kappa shape index (κ2) is 6.48. The van der Waals surface area contributed by atoms with Crippen LogP contribution < -0.4 is 0 Å². The summed E-state index contributed by atoms with van der Waals surface area (Å²) in [5, 5.41) is 0. The van der Waals surface area contributed by atoms with Crippen molar-refractivity contribution in [2.45, 2.75) is 38.1 Å². The van der Waals surface area contributed by atoms with E-state index in [1.165, 1.54) is 31.5 Å². The average molecular weight is 265 g/mol. The molecule has 0 saturated carbocycles. The third-order valence-corrected chi connectivity index (χ3v) is 5.00. The van der Waals surface area contributed by atoms with E-state index < -0.39 is 10.8 Å². The Balaban J connectivity index is 2.02. The van der Waals surface area contributed by atoms with Crippen molar-refractivity contribution in [1.82, 2.24) is 4.90 Å². The highest BCUT2D eigenvalue weighted by Crippen LogP contribution is 2.16. The van der Waals surface area contributed by atoms with Gasteiger partial charge in [-0.25, -0.2) is 0 Å². The highest BCUT2D eigenvalue weighted by atomic mass is 32.2. The number of benzene rings is 1. The van der Waals surface area contributed by atoms with Crippen LogP contribution in [0.15, 0.2) is 29.2 Å². The number of hydrogen-bond acceptors (Lipinski definition) is 2. The fourth-order valence-corrected chi connectivity index (χ4v) is 3.69. The van der Waals surface area contributed by atoms with Gasteiger partial charge in [-0.3, -0.25) is 9.11 Å². The smallest absolute Gasteiger partial charge is 0.0532 e. The fourth-order valence-electron chi connectivity index (χ4n) is 2.38. The minimum atomic E-state index is -0.845. The Morgan fingerprint density at radius 2 is 2.00 bits per heavy atom. The van der Waals surface area contributed by atoms with Crippen molar-refractivity contribution in [3.8, 4) is 0 Å². The van der Waals surface area contributed by atoms with E-state index in [9.17, 15) is 4.21 Å². The van der Waals surface area contributed by atoms with Crippen molar-refractivity contribution in [1.29, 1.82) is 0 Å². The van der Waals surface area contributed by atoms with Crippen molar-refractivity contribution in [2.75, 3.05) is 18.8 Å². The van der Waals surface area contributed by atoms with E-state index in [0.717, 1.165) is 17.2 Å². The van der Waals surface area contributed by atoms with Crippen LogP contribution >= 0.6 is 0 Å². The van der Waals surface area contributed by atoms with Crippen molar-refractivity contribution >= 4 is 10.8 Å². The lowest BCUT2D eigenvalue weighted by molar-refractivity contribution is 0.331. The van der Waals surface area contributed by atoms with Crippen LogP contribution in [0.4, 0.5) is 0 Å². The van der Waals surface area contributed by atoms with Crippen molar-refractivity contribution in [2.24, 2.45) is 5.92 Å². The van der Waals surface area contributed by atoms with Gasteiger partial charge in [-0.15, -0.1) is 0 Å². The molecule has 1 fully saturated rings. The maximum atomic E-state index is 12.1. The molecule has 0 radical (unpaired) electrons. The number of nitrogens with zero attached hydrogens (tertiary/aromatic N) is 1. The molecule has 1 atom stereocenters. The van der Waals surface area contributed by atoms with Gasteiger partial charge >= 0.3 is 0 Å². The lowest BCUT2D eigenvalue weighted by Crippen LogP contribution is -2.18. The van der Waals surface area contributed by atoms with Gasteiger partial charge in [0.15, 0.2) is 0 Å². The van der Waals surface area contributed by atoms with Crippen LogP contribution in [0.1, 0.15) is 32.3 Å². The zero-order chi connectivity index (χ0) is 13.0. The second-order valence-electron chi connectivity index (χ2n) is 5.54. The highest BCUT2D eigenvalue weighted by molar-refractivity contribution is 7.85. The normalized spacial score (nSPS) is 18.4. The Hall–Kier alpha value is -0.670. The van der Waals surface area contributed by atoms with Gasteiger partial charge in [-0.05, 0) is 49.5 Å². The molecule has 0 bridgehead atoms. The Bertz CT molecular complexity index is 411. The summed E-state index contributed by atoms with van der Waals surface area (Å²) >= 11 is 0. The molecular weight excluding hydrogens is 242 g/mol. The van der Waals surface area contributed by atoms with Gasteiger partial charge in [-0.2, -0.15) is 0 Å². The van der Waals surface area contributed by atoms with Gasteiger partial charge in [0.25, 0.3) is 0 Å². The Labute approximate surface area is 113 Å². The molecule has 1 aliphatic rings. The van der Waals surface area contributed by atoms with Crippen LogP contribution in [-0.4, -0.2) is 28.0 Å². The molecule has 100 valence electrons. The number of likely N-dealkylation sites (tertiary alicyclic amines) is 1. The van der Waals surface area contributed by atoms with Gasteiger partial charge in [0.2, 0.25) is 0 Å². The van der Waals surface area contributed by atoms with Crippen LogP contribution in [0.5, 0.6) is 0 Å². The first-order valence-corrected chi connectivity index (χ1v) is 8.16. The highest BCUT2D eigenvalue weighted by Gasteiger charge is 2.13. The first kappa shape index (κ1) is 13.8. The van der Waals surface area contributed by atoms with Gasteiger partial charge < -0.3 is 0 Å². The molecule has 0 N–H and O–H groups in total. The molecule has 0 amide bonds. The van der Waals surface area contributed by atoms with Gasteiger partial charge in [0.05, 0.1) is 10.8 Å². The SMILES string of the molecule is CC(C)CS(=O)c1cccc(CN2CCCC2)c1. The molecule has 2 nitrogen and oxygen atoms in total. The molecule has 1 aliphatic heterocycles. The minimum absolute atomic E-state index is 0.480. The molecule has 0 aliphatic carbocycles. The van der Waals surface area contributed by atoms with Gasteiger partial charge in [-0.1, -0.05) is 26.0 Å². The minimum Gasteiger partial charge on any atom is -0.299 e. The zero-order valence-corrected chi connectivity index (χ0v) is 12.2. The van der Waals surface area contributed by atoms with E-state index in [1.54, 1.807) is 0 Å².